The van der Waals surface area contributed by atoms with Crippen LogP contribution in [0.2, 0.25) is 0 Å². The van der Waals surface area contributed by atoms with Crippen LogP contribution in [0.5, 0.6) is 0 Å². The number of Topliss-reactive ketones (excluding diaryl/α,β-unsaturated/α-hetero) is 1. The minimum Gasteiger partial charge on any atom is -0.292 e. The maximum absolute atomic E-state index is 12.7. The van der Waals surface area contributed by atoms with E-state index in [0.717, 1.165) is 43.3 Å². The minimum atomic E-state index is 0.212. The van der Waals surface area contributed by atoms with E-state index in [2.05, 4.69) is 17.2 Å². The van der Waals surface area contributed by atoms with Gasteiger partial charge in [0.1, 0.15) is 5.69 Å². The van der Waals surface area contributed by atoms with Gasteiger partial charge in [-0.1, -0.05) is 37.8 Å². The summed E-state index contributed by atoms with van der Waals surface area (Å²) >= 11 is 0. The Balaban J connectivity index is 1.69. The van der Waals surface area contributed by atoms with Crippen LogP contribution in [0.1, 0.15) is 68.8 Å². The van der Waals surface area contributed by atoms with E-state index < -0.39 is 0 Å². The monoisotopic (exact) mass is 275 g/mol. The maximum Gasteiger partial charge on any atom is 0.185 e. The van der Waals surface area contributed by atoms with E-state index in [1.807, 2.05) is 0 Å². The first-order valence-electron chi connectivity index (χ1n) is 8.22. The van der Waals surface area contributed by atoms with Crippen molar-refractivity contribution in [2.45, 2.75) is 64.8 Å². The molecule has 0 saturated heterocycles. The van der Waals surface area contributed by atoms with Crippen molar-refractivity contribution in [2.75, 3.05) is 0 Å². The average molecular weight is 275 g/mol. The van der Waals surface area contributed by atoms with Gasteiger partial charge in [0.2, 0.25) is 0 Å². The van der Waals surface area contributed by atoms with E-state index in [1.165, 1.54) is 32.1 Å². The van der Waals surface area contributed by atoms with E-state index in [0.29, 0.717) is 0 Å². The number of ketones is 1. The summed E-state index contributed by atoms with van der Waals surface area (Å²) in [5.74, 6) is 2.18. The van der Waals surface area contributed by atoms with Gasteiger partial charge in [0, 0.05) is 12.5 Å². The van der Waals surface area contributed by atoms with Crippen LogP contribution >= 0.6 is 0 Å². The van der Waals surface area contributed by atoms with E-state index in [4.69, 9.17) is 0 Å². The summed E-state index contributed by atoms with van der Waals surface area (Å²) < 4.78 is 1.79. The highest BCUT2D eigenvalue weighted by atomic mass is 16.1. The second-order valence-electron chi connectivity index (χ2n) is 6.52. The van der Waals surface area contributed by atoms with Crippen molar-refractivity contribution in [3.8, 4) is 0 Å². The predicted octanol–water partition coefficient (Wildman–Crippen LogP) is 3.48. The molecule has 2 aliphatic rings. The predicted molar refractivity (Wildman–Crippen MR) is 77.4 cm³/mol. The van der Waals surface area contributed by atoms with Crippen molar-refractivity contribution in [1.82, 2.24) is 15.0 Å². The molecule has 2 aliphatic carbocycles. The highest BCUT2D eigenvalue weighted by Gasteiger charge is 2.36. The van der Waals surface area contributed by atoms with Gasteiger partial charge in [0.05, 0.1) is 6.20 Å². The fourth-order valence-electron chi connectivity index (χ4n) is 4.15. The summed E-state index contributed by atoms with van der Waals surface area (Å²) in [5.41, 5.74) is 0.728. The first-order valence-corrected chi connectivity index (χ1v) is 8.22. The molecule has 0 aromatic carbocycles. The van der Waals surface area contributed by atoms with Gasteiger partial charge in [-0.3, -0.25) is 4.79 Å². The summed E-state index contributed by atoms with van der Waals surface area (Å²) in [4.78, 5) is 12.7. The molecule has 0 N–H and O–H groups in total. The van der Waals surface area contributed by atoms with Gasteiger partial charge < -0.3 is 0 Å². The van der Waals surface area contributed by atoms with Gasteiger partial charge in [0.15, 0.2) is 5.78 Å². The Morgan fingerprint density at radius 1 is 1.25 bits per heavy atom. The minimum absolute atomic E-state index is 0.212. The Labute approximate surface area is 120 Å². The number of hydrogen-bond acceptors (Lipinski definition) is 3. The molecule has 1 aromatic heterocycles. The lowest BCUT2D eigenvalue weighted by atomic mass is 9.66. The van der Waals surface area contributed by atoms with Gasteiger partial charge in [0.25, 0.3) is 0 Å². The van der Waals surface area contributed by atoms with Crippen molar-refractivity contribution in [3.05, 3.63) is 11.9 Å². The molecular formula is C16H25N3O. The smallest absolute Gasteiger partial charge is 0.185 e. The Hall–Kier alpha value is -1.19. The average Bonchev–Trinajstić information content (AvgIpc) is 2.94. The molecular weight excluding hydrogens is 250 g/mol. The van der Waals surface area contributed by atoms with Crippen LogP contribution in [0, 0.1) is 17.8 Å². The number of aryl methyl sites for hydroxylation is 1. The first-order chi connectivity index (χ1) is 9.79. The van der Waals surface area contributed by atoms with Crippen molar-refractivity contribution >= 4 is 5.78 Å². The number of carbonyl (C=O) groups excluding carboxylic acids is 1. The number of aromatic nitrogens is 3. The summed E-state index contributed by atoms with van der Waals surface area (Å²) in [6, 6.07) is 0. The van der Waals surface area contributed by atoms with Crippen molar-refractivity contribution in [2.24, 2.45) is 17.8 Å². The van der Waals surface area contributed by atoms with Crippen LogP contribution < -0.4 is 0 Å². The molecule has 0 radical (unpaired) electrons. The zero-order valence-electron chi connectivity index (χ0n) is 12.4. The first kappa shape index (κ1) is 13.8. The molecule has 0 bridgehead atoms. The number of nitrogens with zero attached hydrogens (tertiary/aromatic N) is 3. The van der Waals surface area contributed by atoms with Crippen LogP contribution in [-0.2, 0) is 6.54 Å². The van der Waals surface area contributed by atoms with E-state index >= 15 is 0 Å². The van der Waals surface area contributed by atoms with Gasteiger partial charge in [-0.15, -0.1) is 5.10 Å². The van der Waals surface area contributed by atoms with Crippen LogP contribution in [-0.4, -0.2) is 20.8 Å². The van der Waals surface area contributed by atoms with Crippen LogP contribution in [0.25, 0.3) is 0 Å². The normalized spacial score (nSPS) is 29.9. The highest BCUT2D eigenvalue weighted by Crippen LogP contribution is 2.43. The zero-order chi connectivity index (χ0) is 13.9. The standard InChI is InChI=1S/C16H25N3O/c1-2-9-19-15(11-17-18-19)16(20)14-8-7-12-5-3-4-6-13(12)10-14/h11-14H,2-10H2,1H3. The third kappa shape index (κ3) is 2.65. The van der Waals surface area contributed by atoms with E-state index in [-0.39, 0.29) is 11.7 Å². The molecule has 2 fully saturated rings. The Bertz CT molecular complexity index is 468. The molecule has 1 heterocycles. The zero-order valence-corrected chi connectivity index (χ0v) is 12.4. The third-order valence-electron chi connectivity index (χ3n) is 5.22. The van der Waals surface area contributed by atoms with Crippen molar-refractivity contribution in [3.63, 3.8) is 0 Å². The maximum atomic E-state index is 12.7. The lowest BCUT2D eigenvalue weighted by Gasteiger charge is -2.38. The summed E-state index contributed by atoms with van der Waals surface area (Å²) in [6.07, 6.45) is 11.5. The molecule has 3 rings (SSSR count). The van der Waals surface area contributed by atoms with Crippen molar-refractivity contribution < 1.29 is 4.79 Å². The van der Waals surface area contributed by atoms with E-state index in [1.54, 1.807) is 10.9 Å². The van der Waals surface area contributed by atoms with Gasteiger partial charge in [-0.2, -0.15) is 0 Å². The molecule has 20 heavy (non-hydrogen) atoms. The lowest BCUT2D eigenvalue weighted by molar-refractivity contribution is 0.0752. The summed E-state index contributed by atoms with van der Waals surface area (Å²) in [5, 5.41) is 7.98. The fraction of sp³-hybridized carbons (Fsp3) is 0.812. The topological polar surface area (TPSA) is 47.8 Å². The summed E-state index contributed by atoms with van der Waals surface area (Å²) in [7, 11) is 0. The second-order valence-corrected chi connectivity index (χ2v) is 6.52. The number of fused-ring (bicyclic) bond motifs is 1. The van der Waals surface area contributed by atoms with Gasteiger partial charge >= 0.3 is 0 Å². The molecule has 0 spiro atoms. The van der Waals surface area contributed by atoms with Crippen LogP contribution in [0.15, 0.2) is 6.20 Å². The van der Waals surface area contributed by atoms with Crippen LogP contribution in [0.3, 0.4) is 0 Å². The van der Waals surface area contributed by atoms with E-state index in [9.17, 15) is 4.79 Å². The Morgan fingerprint density at radius 2 is 2.05 bits per heavy atom. The Kier molecular flexibility index (Phi) is 4.18. The molecule has 3 unspecified atom stereocenters. The third-order valence-corrected chi connectivity index (χ3v) is 5.22. The molecule has 2 saturated carbocycles. The number of carbonyl (C=O) groups is 1. The molecule has 0 amide bonds. The fourth-order valence-corrected chi connectivity index (χ4v) is 4.15. The van der Waals surface area contributed by atoms with Gasteiger partial charge in [-0.05, 0) is 37.5 Å². The SMILES string of the molecule is CCCn1nncc1C(=O)C1CCC2CCCCC2C1. The molecule has 0 aliphatic heterocycles. The number of hydrogen-bond donors (Lipinski definition) is 0. The highest BCUT2D eigenvalue weighted by molar-refractivity contribution is 5.96. The second kappa shape index (κ2) is 6.06. The molecule has 3 atom stereocenters. The summed E-state index contributed by atoms with van der Waals surface area (Å²) in [6.45, 7) is 2.89. The Morgan fingerprint density at radius 3 is 2.85 bits per heavy atom. The molecule has 1 aromatic rings. The lowest BCUT2D eigenvalue weighted by Crippen LogP contribution is -2.32. The quantitative estimate of drug-likeness (QED) is 0.790. The van der Waals surface area contributed by atoms with Crippen LogP contribution in [0.4, 0.5) is 0 Å². The molecule has 4 nitrogen and oxygen atoms in total. The van der Waals surface area contributed by atoms with Crippen molar-refractivity contribution in [1.29, 1.82) is 0 Å². The largest absolute Gasteiger partial charge is 0.292 e. The van der Waals surface area contributed by atoms with Gasteiger partial charge in [-0.25, -0.2) is 4.68 Å². The molecule has 4 heteroatoms. The number of rotatable bonds is 4. The molecule has 110 valence electrons.